The lowest BCUT2D eigenvalue weighted by molar-refractivity contribution is -0.525. The van der Waals surface area contributed by atoms with Crippen LogP contribution in [0.3, 0.4) is 0 Å². The average Bonchev–Trinajstić information content (AvgIpc) is 2.89. The van der Waals surface area contributed by atoms with E-state index in [1.165, 1.54) is 0 Å². The van der Waals surface area contributed by atoms with Gasteiger partial charge in [-0.1, -0.05) is 66.1 Å². The van der Waals surface area contributed by atoms with Crippen molar-refractivity contribution in [3.63, 3.8) is 0 Å². The maximum absolute atomic E-state index is 14.3. The van der Waals surface area contributed by atoms with Crippen molar-refractivity contribution in [2.75, 3.05) is 13.1 Å². The second-order valence-electron chi connectivity index (χ2n) is 9.62. The lowest BCUT2D eigenvalue weighted by atomic mass is 9.85. The van der Waals surface area contributed by atoms with Gasteiger partial charge in [0.2, 0.25) is 11.8 Å². The SMILES string of the molecule is NC(=O)[C@@H](CCCN=C(N)N[N+](=O)[O-])N(CC1CCC(O)CC1)C(=O)C(c1ccccc1)c1ccccc1. The van der Waals surface area contributed by atoms with E-state index in [1.807, 2.05) is 60.7 Å². The Labute approximate surface area is 222 Å². The van der Waals surface area contributed by atoms with E-state index in [0.29, 0.717) is 25.8 Å². The summed E-state index contributed by atoms with van der Waals surface area (Å²) in [6.07, 6.45) is 2.98. The minimum atomic E-state index is -0.899. The van der Waals surface area contributed by atoms with Gasteiger partial charge in [-0.15, -0.1) is 0 Å². The molecule has 38 heavy (non-hydrogen) atoms. The van der Waals surface area contributed by atoms with Crippen molar-refractivity contribution < 1.29 is 19.7 Å². The number of carbonyl (C=O) groups is 2. The molecule has 2 amide bonds. The number of amides is 2. The molecule has 1 aliphatic rings. The number of nitrogens with two attached hydrogens (primary N) is 2. The summed E-state index contributed by atoms with van der Waals surface area (Å²) in [7, 11) is 0. The van der Waals surface area contributed by atoms with Crippen LogP contribution in [-0.2, 0) is 9.59 Å². The number of aliphatic imine (C=N–C) groups is 1. The quantitative estimate of drug-likeness (QED) is 0.108. The van der Waals surface area contributed by atoms with Crippen LogP contribution in [0.2, 0.25) is 0 Å². The Morgan fingerprint density at radius 3 is 2.08 bits per heavy atom. The number of aliphatic hydroxyl groups excluding tert-OH is 1. The van der Waals surface area contributed by atoms with Crippen LogP contribution < -0.4 is 16.9 Å². The first kappa shape index (κ1) is 28.6. The number of hydrogen-bond donors (Lipinski definition) is 4. The molecule has 11 heteroatoms. The minimum Gasteiger partial charge on any atom is -0.393 e. The number of nitro groups is 1. The average molecular weight is 525 g/mol. The highest BCUT2D eigenvalue weighted by molar-refractivity contribution is 5.92. The molecule has 1 atom stereocenters. The first-order valence-corrected chi connectivity index (χ1v) is 12.8. The van der Waals surface area contributed by atoms with Crippen LogP contribution in [0.15, 0.2) is 65.7 Å². The van der Waals surface area contributed by atoms with Crippen LogP contribution in [0.1, 0.15) is 55.6 Å². The molecule has 2 aromatic rings. The molecule has 0 aliphatic heterocycles. The molecule has 6 N–H and O–H groups in total. The summed E-state index contributed by atoms with van der Waals surface area (Å²) in [6, 6.07) is 17.9. The van der Waals surface area contributed by atoms with Gasteiger partial charge in [-0.05, 0) is 55.6 Å². The summed E-state index contributed by atoms with van der Waals surface area (Å²) in [5.41, 5.74) is 14.7. The number of nitrogens with zero attached hydrogens (tertiary/aromatic N) is 3. The highest BCUT2D eigenvalue weighted by atomic mass is 16.7. The lowest BCUT2D eigenvalue weighted by Crippen LogP contribution is -2.51. The molecule has 3 rings (SSSR count). The van der Waals surface area contributed by atoms with Gasteiger partial charge in [-0.25, -0.2) is 15.1 Å². The van der Waals surface area contributed by atoms with E-state index in [4.69, 9.17) is 11.5 Å². The molecular weight excluding hydrogens is 488 g/mol. The molecule has 1 saturated carbocycles. The van der Waals surface area contributed by atoms with Gasteiger partial charge in [-0.2, -0.15) is 0 Å². The van der Waals surface area contributed by atoms with Crippen LogP contribution in [0.25, 0.3) is 0 Å². The molecule has 0 heterocycles. The molecule has 2 aromatic carbocycles. The van der Waals surface area contributed by atoms with Gasteiger partial charge in [0.15, 0.2) is 5.03 Å². The van der Waals surface area contributed by atoms with Crippen molar-refractivity contribution in [3.8, 4) is 0 Å². The van der Waals surface area contributed by atoms with Gasteiger partial charge in [0.05, 0.1) is 12.0 Å². The molecule has 0 aromatic heterocycles. The van der Waals surface area contributed by atoms with Crippen molar-refractivity contribution in [3.05, 3.63) is 81.9 Å². The third-order valence-electron chi connectivity index (χ3n) is 6.90. The zero-order valence-electron chi connectivity index (χ0n) is 21.3. The molecular formula is C27H36N6O5. The summed E-state index contributed by atoms with van der Waals surface area (Å²) in [5.74, 6) is -1.71. The third kappa shape index (κ3) is 8.27. The van der Waals surface area contributed by atoms with Crippen molar-refractivity contribution in [1.29, 1.82) is 0 Å². The highest BCUT2D eigenvalue weighted by Gasteiger charge is 2.36. The molecule has 1 aliphatic carbocycles. The molecule has 0 saturated heterocycles. The predicted octanol–water partition coefficient (Wildman–Crippen LogP) is 1.93. The zero-order valence-corrected chi connectivity index (χ0v) is 21.3. The predicted molar refractivity (Wildman–Crippen MR) is 143 cm³/mol. The number of carbonyl (C=O) groups excluding carboxylic acids is 2. The van der Waals surface area contributed by atoms with E-state index in [2.05, 4.69) is 4.99 Å². The fourth-order valence-electron chi connectivity index (χ4n) is 4.98. The number of primary amides is 1. The van der Waals surface area contributed by atoms with E-state index in [1.54, 1.807) is 10.3 Å². The largest absolute Gasteiger partial charge is 0.393 e. The van der Waals surface area contributed by atoms with Gasteiger partial charge in [0.25, 0.3) is 5.96 Å². The maximum Gasteiger partial charge on any atom is 0.251 e. The molecule has 0 bridgehead atoms. The molecule has 0 spiro atoms. The van der Waals surface area contributed by atoms with Crippen molar-refractivity contribution in [2.24, 2.45) is 22.4 Å². The first-order valence-electron chi connectivity index (χ1n) is 12.8. The third-order valence-corrected chi connectivity index (χ3v) is 6.90. The molecule has 1 fully saturated rings. The fraction of sp³-hybridized carbons (Fsp3) is 0.444. The number of nitrogens with one attached hydrogen (secondary N) is 1. The standard InChI is InChI=1S/C27H36N6O5/c28-25(35)23(12-7-17-30-27(29)31-33(37)38)32(18-19-13-15-22(34)16-14-19)26(36)24(20-8-3-1-4-9-20)21-10-5-2-6-11-21/h1-6,8-11,19,22-24,34H,7,12-18H2,(H2,28,35)(H3,29,30,31)/t19?,22?,23-/m1/s1. The zero-order chi connectivity index (χ0) is 27.5. The highest BCUT2D eigenvalue weighted by Crippen LogP contribution is 2.31. The maximum atomic E-state index is 14.3. The van der Waals surface area contributed by atoms with Gasteiger partial charge in [-0.3, -0.25) is 9.59 Å². The smallest absolute Gasteiger partial charge is 0.251 e. The van der Waals surface area contributed by atoms with Gasteiger partial charge in [0.1, 0.15) is 6.04 Å². The molecule has 204 valence electrons. The second-order valence-corrected chi connectivity index (χ2v) is 9.62. The van der Waals surface area contributed by atoms with Crippen molar-refractivity contribution in [2.45, 2.75) is 56.6 Å². The van der Waals surface area contributed by atoms with Gasteiger partial charge >= 0.3 is 0 Å². The number of hydrazine groups is 1. The number of rotatable bonds is 12. The van der Waals surface area contributed by atoms with E-state index in [0.717, 1.165) is 24.0 Å². The van der Waals surface area contributed by atoms with E-state index >= 15 is 0 Å². The summed E-state index contributed by atoms with van der Waals surface area (Å²) < 4.78 is 0. The van der Waals surface area contributed by atoms with Crippen LogP contribution >= 0.6 is 0 Å². The Morgan fingerprint density at radius 2 is 1.58 bits per heavy atom. The van der Waals surface area contributed by atoms with Crippen LogP contribution in [-0.4, -0.2) is 58.0 Å². The summed E-state index contributed by atoms with van der Waals surface area (Å²) in [4.78, 5) is 43.1. The lowest BCUT2D eigenvalue weighted by Gasteiger charge is -2.37. The first-order chi connectivity index (χ1) is 18.3. The molecule has 0 radical (unpaired) electrons. The van der Waals surface area contributed by atoms with E-state index in [-0.39, 0.29) is 36.9 Å². The second kappa shape index (κ2) is 14.1. The van der Waals surface area contributed by atoms with Gasteiger partial charge < -0.3 is 21.5 Å². The van der Waals surface area contributed by atoms with Crippen LogP contribution in [0, 0.1) is 16.0 Å². The number of guanidine groups is 1. The number of benzene rings is 2. The summed E-state index contributed by atoms with van der Waals surface area (Å²) in [6.45, 7) is 0.457. The molecule has 11 nitrogen and oxygen atoms in total. The Kier molecular flexibility index (Phi) is 10.6. The van der Waals surface area contributed by atoms with Crippen LogP contribution in [0.5, 0.6) is 0 Å². The Bertz CT molecular complexity index is 1050. The van der Waals surface area contributed by atoms with E-state index < -0.39 is 22.9 Å². The normalized spacial score (nSPS) is 18.5. The van der Waals surface area contributed by atoms with E-state index in [9.17, 15) is 24.8 Å². The van der Waals surface area contributed by atoms with Crippen molar-refractivity contribution >= 4 is 17.8 Å². The minimum absolute atomic E-state index is 0.120. The monoisotopic (exact) mass is 524 g/mol. The molecule has 0 unspecified atom stereocenters. The number of hydrogen-bond acceptors (Lipinski definition) is 6. The van der Waals surface area contributed by atoms with Crippen LogP contribution in [0.4, 0.5) is 0 Å². The Morgan fingerprint density at radius 1 is 1.03 bits per heavy atom. The number of aliphatic hydroxyl groups is 1. The summed E-state index contributed by atoms with van der Waals surface area (Å²) in [5, 5.41) is 19.7. The summed E-state index contributed by atoms with van der Waals surface area (Å²) >= 11 is 0. The Hall–Kier alpha value is -3.99. The fourth-order valence-corrected chi connectivity index (χ4v) is 4.98. The Balaban J connectivity index is 1.90. The van der Waals surface area contributed by atoms with Gasteiger partial charge in [0, 0.05) is 13.1 Å². The topological polar surface area (TPSA) is 177 Å². The van der Waals surface area contributed by atoms with Crippen molar-refractivity contribution in [1.82, 2.24) is 10.3 Å².